The van der Waals surface area contributed by atoms with Gasteiger partial charge in [0.2, 0.25) is 0 Å². The maximum absolute atomic E-state index is 11.6. The molecule has 82 valence electrons. The van der Waals surface area contributed by atoms with E-state index in [1.807, 2.05) is 37.3 Å². The summed E-state index contributed by atoms with van der Waals surface area (Å²) in [5, 5.41) is 2.94. The molecule has 0 aromatic heterocycles. The van der Waals surface area contributed by atoms with Crippen molar-refractivity contribution in [2.45, 2.75) is 13.1 Å². The highest BCUT2D eigenvalue weighted by Gasteiger charge is 2.15. The van der Waals surface area contributed by atoms with E-state index in [0.29, 0.717) is 6.54 Å². The molecule has 4 nitrogen and oxygen atoms in total. The fraction of sp³-hybridized carbons (Fsp3) is 0.364. The van der Waals surface area contributed by atoms with E-state index in [1.54, 1.807) is 11.9 Å². The predicted molar refractivity (Wildman–Crippen MR) is 61.4 cm³/mol. The number of nitrogens with zero attached hydrogens (tertiary/aromatic N) is 1. The second-order valence-corrected chi connectivity index (χ2v) is 3.34. The molecule has 0 bridgehead atoms. The lowest BCUT2D eigenvalue weighted by molar-refractivity contribution is -0.130. The zero-order chi connectivity index (χ0) is 11.3. The van der Waals surface area contributed by atoms with Crippen molar-refractivity contribution in [3.05, 3.63) is 30.3 Å². The van der Waals surface area contributed by atoms with Crippen LogP contribution in [0.25, 0.3) is 0 Å². The molecule has 0 spiro atoms. The molecule has 1 aromatic rings. The first kappa shape index (κ1) is 11.5. The van der Waals surface area contributed by atoms with Gasteiger partial charge in [-0.3, -0.25) is 4.79 Å². The van der Waals surface area contributed by atoms with Gasteiger partial charge in [0.1, 0.15) is 0 Å². The lowest BCUT2D eigenvalue weighted by Gasteiger charge is -2.21. The lowest BCUT2D eigenvalue weighted by atomic mass is 10.3. The third-order valence-corrected chi connectivity index (χ3v) is 2.21. The third-order valence-electron chi connectivity index (χ3n) is 2.21. The highest BCUT2D eigenvalue weighted by atomic mass is 16.2. The first-order valence-electron chi connectivity index (χ1n) is 4.97. The Bertz CT molecular complexity index is 313. The van der Waals surface area contributed by atoms with Crippen molar-refractivity contribution < 1.29 is 4.79 Å². The molecule has 0 saturated heterocycles. The molecule has 1 unspecified atom stereocenters. The highest BCUT2D eigenvalue weighted by Crippen LogP contribution is 2.06. The molecule has 1 amide bonds. The number of para-hydroxylation sites is 1. The van der Waals surface area contributed by atoms with E-state index in [1.165, 1.54) is 0 Å². The lowest BCUT2D eigenvalue weighted by Crippen LogP contribution is -2.46. The van der Waals surface area contributed by atoms with Crippen LogP contribution in [0.4, 0.5) is 5.69 Å². The molecule has 3 N–H and O–H groups in total. The normalized spacial score (nSPS) is 11.9. The zero-order valence-electron chi connectivity index (χ0n) is 9.10. The van der Waals surface area contributed by atoms with Crippen LogP contribution in [-0.4, -0.2) is 30.6 Å². The van der Waals surface area contributed by atoms with Crippen LogP contribution in [0.3, 0.4) is 0 Å². The topological polar surface area (TPSA) is 58.4 Å². The van der Waals surface area contributed by atoms with Crippen molar-refractivity contribution in [2.24, 2.45) is 5.73 Å². The van der Waals surface area contributed by atoms with Gasteiger partial charge in [0, 0.05) is 19.3 Å². The predicted octanol–water partition coefficient (Wildman–Crippen LogP) is 0.862. The van der Waals surface area contributed by atoms with Crippen molar-refractivity contribution in [2.75, 3.05) is 18.9 Å². The molecule has 0 aliphatic heterocycles. The Kier molecular flexibility index (Phi) is 4.12. The number of hydrogen-bond acceptors (Lipinski definition) is 3. The number of carbonyl (C=O) groups is 1. The van der Waals surface area contributed by atoms with Crippen LogP contribution in [0.5, 0.6) is 0 Å². The molecule has 1 rings (SSSR count). The second kappa shape index (κ2) is 5.36. The van der Waals surface area contributed by atoms with Gasteiger partial charge in [0.15, 0.2) is 6.17 Å². The average molecular weight is 207 g/mol. The Labute approximate surface area is 90.1 Å². The highest BCUT2D eigenvalue weighted by molar-refractivity contribution is 5.83. The maximum atomic E-state index is 11.6. The fourth-order valence-electron chi connectivity index (χ4n) is 1.17. The van der Waals surface area contributed by atoms with Gasteiger partial charge in [-0.15, -0.1) is 0 Å². The quantitative estimate of drug-likeness (QED) is 0.720. The summed E-state index contributed by atoms with van der Waals surface area (Å²) in [5.41, 5.74) is 6.57. The van der Waals surface area contributed by atoms with Crippen molar-refractivity contribution in [1.29, 1.82) is 0 Å². The Hall–Kier alpha value is -1.55. The summed E-state index contributed by atoms with van der Waals surface area (Å²) < 4.78 is 0. The average Bonchev–Trinajstić information content (AvgIpc) is 2.28. The molecular formula is C11H17N3O. The SMILES string of the molecule is CCN(C)C(=O)C(N)Nc1ccccc1. The molecular weight excluding hydrogens is 190 g/mol. The van der Waals surface area contributed by atoms with Crippen LogP contribution in [0.1, 0.15) is 6.92 Å². The van der Waals surface area contributed by atoms with E-state index in [2.05, 4.69) is 5.32 Å². The zero-order valence-corrected chi connectivity index (χ0v) is 9.10. The maximum Gasteiger partial charge on any atom is 0.259 e. The molecule has 0 saturated carbocycles. The largest absolute Gasteiger partial charge is 0.362 e. The summed E-state index contributed by atoms with van der Waals surface area (Å²) in [6.07, 6.45) is -0.683. The smallest absolute Gasteiger partial charge is 0.259 e. The fourth-order valence-corrected chi connectivity index (χ4v) is 1.17. The van der Waals surface area contributed by atoms with Crippen LogP contribution >= 0.6 is 0 Å². The van der Waals surface area contributed by atoms with Gasteiger partial charge < -0.3 is 16.0 Å². The molecule has 0 heterocycles. The Balaban J connectivity index is 2.56. The second-order valence-electron chi connectivity index (χ2n) is 3.34. The summed E-state index contributed by atoms with van der Waals surface area (Å²) in [6.45, 7) is 2.57. The van der Waals surface area contributed by atoms with E-state index < -0.39 is 6.17 Å². The number of nitrogens with two attached hydrogens (primary N) is 1. The standard InChI is InChI=1S/C11H17N3O/c1-3-14(2)11(15)10(12)13-9-7-5-4-6-8-9/h4-8,10,13H,3,12H2,1-2H3. The van der Waals surface area contributed by atoms with Crippen LogP contribution in [0.15, 0.2) is 30.3 Å². The van der Waals surface area contributed by atoms with Crippen molar-refractivity contribution >= 4 is 11.6 Å². The number of nitrogens with one attached hydrogen (secondary N) is 1. The van der Waals surface area contributed by atoms with Gasteiger partial charge >= 0.3 is 0 Å². The number of rotatable bonds is 4. The van der Waals surface area contributed by atoms with Crippen LogP contribution < -0.4 is 11.1 Å². The first-order valence-corrected chi connectivity index (χ1v) is 4.97. The van der Waals surface area contributed by atoms with Crippen molar-refractivity contribution in [1.82, 2.24) is 4.90 Å². The van der Waals surface area contributed by atoms with Crippen LogP contribution in [-0.2, 0) is 4.79 Å². The summed E-state index contributed by atoms with van der Waals surface area (Å²) in [5.74, 6) is -0.110. The van der Waals surface area contributed by atoms with E-state index in [0.717, 1.165) is 5.69 Å². The van der Waals surface area contributed by atoms with E-state index in [9.17, 15) is 4.79 Å². The summed E-state index contributed by atoms with van der Waals surface area (Å²) in [7, 11) is 1.73. The number of carbonyl (C=O) groups excluding carboxylic acids is 1. The monoisotopic (exact) mass is 207 g/mol. The van der Waals surface area contributed by atoms with Crippen molar-refractivity contribution in [3.63, 3.8) is 0 Å². The number of hydrogen-bond donors (Lipinski definition) is 2. The summed E-state index contributed by atoms with van der Waals surface area (Å²) in [4.78, 5) is 13.2. The van der Waals surface area contributed by atoms with Gasteiger partial charge in [-0.25, -0.2) is 0 Å². The molecule has 0 aliphatic carbocycles. The molecule has 1 atom stereocenters. The number of benzene rings is 1. The molecule has 15 heavy (non-hydrogen) atoms. The van der Waals surface area contributed by atoms with Crippen molar-refractivity contribution in [3.8, 4) is 0 Å². The summed E-state index contributed by atoms with van der Waals surface area (Å²) in [6, 6.07) is 9.45. The van der Waals surface area contributed by atoms with Gasteiger partial charge in [-0.1, -0.05) is 18.2 Å². The number of amides is 1. The third kappa shape index (κ3) is 3.25. The molecule has 1 aromatic carbocycles. The van der Waals surface area contributed by atoms with Gasteiger partial charge in [-0.2, -0.15) is 0 Å². The molecule has 4 heteroatoms. The number of anilines is 1. The summed E-state index contributed by atoms with van der Waals surface area (Å²) >= 11 is 0. The first-order chi connectivity index (χ1) is 7.15. The van der Waals surface area contributed by atoms with E-state index >= 15 is 0 Å². The minimum absolute atomic E-state index is 0.110. The number of likely N-dealkylation sites (N-methyl/N-ethyl adjacent to an activating group) is 1. The van der Waals surface area contributed by atoms with Gasteiger partial charge in [0.05, 0.1) is 0 Å². The van der Waals surface area contributed by atoms with Gasteiger partial charge in [0.25, 0.3) is 5.91 Å². The van der Waals surface area contributed by atoms with Gasteiger partial charge in [-0.05, 0) is 19.1 Å². The minimum atomic E-state index is -0.683. The minimum Gasteiger partial charge on any atom is -0.362 e. The van der Waals surface area contributed by atoms with Crippen LogP contribution in [0, 0.1) is 0 Å². The molecule has 0 aliphatic rings. The molecule has 0 fully saturated rings. The molecule has 0 radical (unpaired) electrons. The Morgan fingerprint density at radius 1 is 1.47 bits per heavy atom. The van der Waals surface area contributed by atoms with E-state index in [4.69, 9.17) is 5.73 Å². The Morgan fingerprint density at radius 3 is 2.60 bits per heavy atom. The van der Waals surface area contributed by atoms with Crippen LogP contribution in [0.2, 0.25) is 0 Å². The Morgan fingerprint density at radius 2 is 2.07 bits per heavy atom. The van der Waals surface area contributed by atoms with E-state index in [-0.39, 0.29) is 5.91 Å².